The van der Waals surface area contributed by atoms with Gasteiger partial charge in [0.1, 0.15) is 6.07 Å². The molecule has 0 bridgehead atoms. The molecule has 8 aromatic carbocycles. The number of nitriles is 2. The van der Waals surface area contributed by atoms with Crippen LogP contribution in [0.1, 0.15) is 116 Å². The van der Waals surface area contributed by atoms with Crippen molar-refractivity contribution in [2.75, 3.05) is 0 Å². The molecule has 0 atom stereocenters. The van der Waals surface area contributed by atoms with E-state index in [-0.39, 0.29) is 21.7 Å². The Bertz CT molecular complexity index is 4060. The van der Waals surface area contributed by atoms with Crippen LogP contribution in [0.5, 0.6) is 0 Å². The first-order chi connectivity index (χ1) is 36.1. The van der Waals surface area contributed by atoms with Crippen molar-refractivity contribution in [2.24, 2.45) is 0 Å². The highest BCUT2D eigenvalue weighted by Gasteiger charge is 2.26. The Kier molecular flexibility index (Phi) is 11.8. The Morgan fingerprint density at radius 2 is 0.711 bits per heavy atom. The quantitative estimate of drug-likeness (QED) is 0.165. The number of nitrogens with zero attached hydrogens (tertiary/aromatic N) is 7. The van der Waals surface area contributed by atoms with Crippen LogP contribution in [-0.2, 0) is 21.7 Å². The molecule has 3 aromatic heterocycles. The number of fused-ring (bicyclic) bond motifs is 6. The van der Waals surface area contributed by atoms with Crippen LogP contribution in [0, 0.1) is 22.7 Å². The average Bonchev–Trinajstić information content (AvgIpc) is 3.91. The second-order valence-electron chi connectivity index (χ2n) is 24.5. The first-order valence-corrected chi connectivity index (χ1v) is 26.3. The van der Waals surface area contributed by atoms with E-state index in [0.29, 0.717) is 28.6 Å². The van der Waals surface area contributed by atoms with Crippen molar-refractivity contribution in [1.82, 2.24) is 24.1 Å². The molecule has 7 heteroatoms. The summed E-state index contributed by atoms with van der Waals surface area (Å²) in [6, 6.07) is 62.4. The molecule has 0 unspecified atom stereocenters. The highest BCUT2D eigenvalue weighted by atomic mass is 15.0. The molecule has 76 heavy (non-hydrogen) atoms. The van der Waals surface area contributed by atoms with Gasteiger partial charge in [0.05, 0.1) is 50.6 Å². The fraction of sp³-hybridized carbons (Fsp3) is 0.232. The van der Waals surface area contributed by atoms with Crippen LogP contribution in [0.3, 0.4) is 0 Å². The van der Waals surface area contributed by atoms with Crippen molar-refractivity contribution in [3.05, 3.63) is 197 Å². The molecule has 0 radical (unpaired) electrons. The molecule has 0 fully saturated rings. The summed E-state index contributed by atoms with van der Waals surface area (Å²) in [6.07, 6.45) is 0. The van der Waals surface area contributed by atoms with Crippen LogP contribution < -0.4 is 0 Å². The molecule has 11 rings (SSSR count). The maximum Gasteiger partial charge on any atom is 0.164 e. The van der Waals surface area contributed by atoms with Crippen molar-refractivity contribution in [2.45, 2.75) is 105 Å². The van der Waals surface area contributed by atoms with Crippen molar-refractivity contribution < 1.29 is 0 Å². The fourth-order valence-corrected chi connectivity index (χ4v) is 10.6. The molecule has 0 amide bonds. The van der Waals surface area contributed by atoms with Gasteiger partial charge in [-0.2, -0.15) is 10.5 Å². The molecule has 7 nitrogen and oxygen atoms in total. The van der Waals surface area contributed by atoms with E-state index >= 15 is 0 Å². The van der Waals surface area contributed by atoms with Gasteiger partial charge in [-0.3, -0.25) is 0 Å². The van der Waals surface area contributed by atoms with E-state index in [1.807, 2.05) is 66.7 Å². The summed E-state index contributed by atoms with van der Waals surface area (Å²) in [4.78, 5) is 15.9. The third-order valence-electron chi connectivity index (χ3n) is 15.1. The lowest BCUT2D eigenvalue weighted by Gasteiger charge is -2.20. The summed E-state index contributed by atoms with van der Waals surface area (Å²) < 4.78 is 4.62. The standard InChI is InChI=1S/C69H63N7/c1-66(2,3)48-25-30-57-53(36-48)54-37-49(67(4,5)6)26-31-58(54)75(57)61-34-45(22-23-47(61)41-71)64-72-63(44-16-14-13-15-17-44)73-65(74-64)46-24-29-52(43-20-18-42(40-70)19-21-43)62(35-46)76-59-32-27-50(68(7,8)9)38-55(59)56-39-51(69(10,11)12)28-33-60(56)76/h13-39H,1-12H3. The molecular formula is C69H63N7. The second-order valence-corrected chi connectivity index (χ2v) is 24.5. The maximum absolute atomic E-state index is 10.9. The lowest BCUT2D eigenvalue weighted by atomic mass is 9.85. The predicted molar refractivity (Wildman–Crippen MR) is 314 cm³/mol. The maximum atomic E-state index is 10.9. The molecule has 0 aliphatic rings. The van der Waals surface area contributed by atoms with E-state index in [1.54, 1.807) is 0 Å². The SMILES string of the molecule is CC(C)(C)c1ccc2c(c1)c1cc(C(C)(C)C)ccc1n2-c1cc(-c2nc(-c3ccccc3)nc(-c3ccc(-c4ccc(C#N)cc4)c(-n4c5ccc(C(C)(C)C)cc5c5cc(C(C)(C)C)ccc54)c3)n2)ccc1C#N. The lowest BCUT2D eigenvalue weighted by molar-refractivity contribution is 0.590. The minimum absolute atomic E-state index is 0.0594. The van der Waals surface area contributed by atoms with Crippen molar-refractivity contribution in [3.8, 4) is 68.8 Å². The van der Waals surface area contributed by atoms with Crippen LogP contribution in [0.4, 0.5) is 0 Å². The topological polar surface area (TPSA) is 96.1 Å². The lowest BCUT2D eigenvalue weighted by Crippen LogP contribution is -2.10. The van der Waals surface area contributed by atoms with Crippen molar-refractivity contribution in [1.29, 1.82) is 10.5 Å². The van der Waals surface area contributed by atoms with Gasteiger partial charge in [0, 0.05) is 43.8 Å². The largest absolute Gasteiger partial charge is 0.309 e. The summed E-state index contributed by atoms with van der Waals surface area (Å²) in [7, 11) is 0. The van der Waals surface area contributed by atoms with E-state index < -0.39 is 0 Å². The van der Waals surface area contributed by atoms with Gasteiger partial charge < -0.3 is 9.13 Å². The van der Waals surface area contributed by atoms with Crippen molar-refractivity contribution in [3.63, 3.8) is 0 Å². The number of hydrogen-bond acceptors (Lipinski definition) is 5. The number of hydrogen-bond donors (Lipinski definition) is 0. The zero-order valence-electron chi connectivity index (χ0n) is 45.7. The number of benzene rings is 8. The Hall–Kier alpha value is -8.65. The summed E-state index contributed by atoms with van der Waals surface area (Å²) >= 11 is 0. The van der Waals surface area contributed by atoms with Gasteiger partial charge in [-0.1, -0.05) is 162 Å². The molecular weight excluding hydrogens is 927 g/mol. The Balaban J connectivity index is 1.16. The molecule has 0 saturated carbocycles. The zero-order valence-corrected chi connectivity index (χ0v) is 45.7. The highest BCUT2D eigenvalue weighted by molar-refractivity contribution is 6.11. The fourth-order valence-electron chi connectivity index (χ4n) is 10.6. The van der Waals surface area contributed by atoms with E-state index in [9.17, 15) is 10.5 Å². The van der Waals surface area contributed by atoms with Gasteiger partial charge in [-0.05, 0) is 134 Å². The van der Waals surface area contributed by atoms with E-state index in [4.69, 9.17) is 15.0 Å². The second kappa shape index (κ2) is 18.0. The average molecular weight is 990 g/mol. The smallest absolute Gasteiger partial charge is 0.164 e. The summed E-state index contributed by atoms with van der Waals surface area (Å²) in [5.41, 5.74) is 16.2. The molecule has 11 aromatic rings. The van der Waals surface area contributed by atoms with Crippen LogP contribution in [0.2, 0.25) is 0 Å². The monoisotopic (exact) mass is 990 g/mol. The summed E-state index contributed by atoms with van der Waals surface area (Å²) in [5.74, 6) is 1.53. The first kappa shape index (κ1) is 49.6. The minimum Gasteiger partial charge on any atom is -0.309 e. The van der Waals surface area contributed by atoms with Gasteiger partial charge in [0.25, 0.3) is 0 Å². The third kappa shape index (κ3) is 8.80. The number of rotatable bonds is 6. The normalized spacial score (nSPS) is 12.4. The molecule has 0 aliphatic carbocycles. The summed E-state index contributed by atoms with van der Waals surface area (Å²) in [5, 5.41) is 25.3. The zero-order chi connectivity index (χ0) is 53.6. The Labute approximate surface area is 446 Å². The molecule has 0 aliphatic heterocycles. The van der Waals surface area contributed by atoms with Crippen molar-refractivity contribution >= 4 is 43.6 Å². The van der Waals surface area contributed by atoms with Gasteiger partial charge in [0.2, 0.25) is 0 Å². The van der Waals surface area contributed by atoms with Gasteiger partial charge in [-0.25, -0.2) is 15.0 Å². The molecule has 0 spiro atoms. The van der Waals surface area contributed by atoms with Crippen LogP contribution >= 0.6 is 0 Å². The number of aromatic nitrogens is 5. The predicted octanol–water partition coefficient (Wildman–Crippen LogP) is 17.7. The first-order valence-electron chi connectivity index (χ1n) is 26.3. The van der Waals surface area contributed by atoms with Crippen LogP contribution in [-0.4, -0.2) is 24.1 Å². The third-order valence-corrected chi connectivity index (χ3v) is 15.1. The molecule has 3 heterocycles. The van der Waals surface area contributed by atoms with Gasteiger partial charge >= 0.3 is 0 Å². The van der Waals surface area contributed by atoms with E-state index in [2.05, 4.69) is 201 Å². The Morgan fingerprint density at radius 3 is 1.11 bits per heavy atom. The molecule has 0 N–H and O–H groups in total. The summed E-state index contributed by atoms with van der Waals surface area (Å²) in [6.45, 7) is 27.1. The van der Waals surface area contributed by atoms with Gasteiger partial charge in [0.15, 0.2) is 17.5 Å². The highest BCUT2D eigenvalue weighted by Crippen LogP contribution is 2.43. The van der Waals surface area contributed by atoms with Crippen LogP contribution in [0.15, 0.2) is 164 Å². The van der Waals surface area contributed by atoms with Gasteiger partial charge in [-0.15, -0.1) is 0 Å². The molecule has 374 valence electrons. The van der Waals surface area contributed by atoms with Crippen LogP contribution in [0.25, 0.3) is 100 Å². The Morgan fingerprint density at radius 1 is 0.342 bits per heavy atom. The minimum atomic E-state index is -0.0602. The van der Waals surface area contributed by atoms with E-state index in [0.717, 1.165) is 72.0 Å². The van der Waals surface area contributed by atoms with E-state index in [1.165, 1.54) is 33.0 Å². The molecule has 0 saturated heterocycles.